The summed E-state index contributed by atoms with van der Waals surface area (Å²) >= 11 is 0. The number of methoxy groups -OCH3 is 1. The van der Waals surface area contributed by atoms with Crippen molar-refractivity contribution in [2.24, 2.45) is 0 Å². The number of rotatable bonds is 5. The Morgan fingerprint density at radius 1 is 1.08 bits per heavy atom. The summed E-state index contributed by atoms with van der Waals surface area (Å²) < 4.78 is 32.6. The minimum atomic E-state index is -3.60. The summed E-state index contributed by atoms with van der Waals surface area (Å²) in [6.45, 7) is 0.526. The highest BCUT2D eigenvalue weighted by molar-refractivity contribution is 7.89. The third-order valence-corrected chi connectivity index (χ3v) is 6.74. The molecule has 138 valence electrons. The van der Waals surface area contributed by atoms with Crippen LogP contribution >= 0.6 is 0 Å². The van der Waals surface area contributed by atoms with Crippen LogP contribution in [-0.2, 0) is 21.2 Å². The molecule has 0 amide bonds. The molecular weight excluding hydrogens is 350 g/mol. The van der Waals surface area contributed by atoms with Crippen LogP contribution in [0.1, 0.15) is 35.2 Å². The molecule has 0 saturated carbocycles. The van der Waals surface area contributed by atoms with Gasteiger partial charge in [-0.25, -0.2) is 13.2 Å². The molecule has 0 aliphatic carbocycles. The molecule has 1 aliphatic rings. The largest absolute Gasteiger partial charge is 0.465 e. The summed E-state index contributed by atoms with van der Waals surface area (Å²) in [6.07, 6.45) is 3.46. The number of ether oxygens (including phenoxy) is 1. The van der Waals surface area contributed by atoms with Gasteiger partial charge in [0.2, 0.25) is 10.0 Å². The molecule has 1 saturated heterocycles. The van der Waals surface area contributed by atoms with Crippen molar-refractivity contribution in [1.29, 1.82) is 0 Å². The normalized spacial score (nSPS) is 18.4. The molecule has 1 atom stereocenters. The summed E-state index contributed by atoms with van der Waals surface area (Å²) in [6, 6.07) is 15.9. The van der Waals surface area contributed by atoms with E-state index in [2.05, 4.69) is 4.74 Å². The molecular formula is C20H23NO4S. The average Bonchev–Trinajstić information content (AvgIpc) is 2.68. The Balaban J connectivity index is 1.84. The van der Waals surface area contributed by atoms with E-state index >= 15 is 0 Å². The number of benzene rings is 2. The van der Waals surface area contributed by atoms with Crippen LogP contribution in [0.25, 0.3) is 0 Å². The third kappa shape index (κ3) is 3.97. The van der Waals surface area contributed by atoms with Crippen molar-refractivity contribution in [1.82, 2.24) is 4.31 Å². The highest BCUT2D eigenvalue weighted by Gasteiger charge is 2.33. The van der Waals surface area contributed by atoms with Crippen molar-refractivity contribution in [3.05, 3.63) is 65.7 Å². The van der Waals surface area contributed by atoms with Crippen LogP contribution in [0.15, 0.2) is 59.5 Å². The van der Waals surface area contributed by atoms with E-state index in [-0.39, 0.29) is 10.9 Å². The second kappa shape index (κ2) is 8.01. The molecule has 0 bridgehead atoms. The molecule has 26 heavy (non-hydrogen) atoms. The molecule has 2 aromatic carbocycles. The number of carbonyl (C=O) groups excluding carboxylic acids is 1. The van der Waals surface area contributed by atoms with Crippen molar-refractivity contribution < 1.29 is 17.9 Å². The predicted molar refractivity (Wildman–Crippen MR) is 99.5 cm³/mol. The summed E-state index contributed by atoms with van der Waals surface area (Å²) in [5, 5.41) is 0. The Bertz CT molecular complexity index is 847. The van der Waals surface area contributed by atoms with Crippen molar-refractivity contribution in [3.63, 3.8) is 0 Å². The first kappa shape index (κ1) is 18.6. The lowest BCUT2D eigenvalue weighted by atomic mass is 9.98. The fourth-order valence-electron chi connectivity index (χ4n) is 3.40. The zero-order chi connectivity index (χ0) is 18.6. The first-order valence-corrected chi connectivity index (χ1v) is 10.2. The van der Waals surface area contributed by atoms with E-state index in [0.717, 1.165) is 24.8 Å². The SMILES string of the molecule is COC(=O)c1ccc(S(=O)(=O)N2CCCCC2Cc2ccccc2)cc1. The topological polar surface area (TPSA) is 63.7 Å². The van der Waals surface area contributed by atoms with Crippen LogP contribution in [0.2, 0.25) is 0 Å². The molecule has 1 fully saturated rings. The summed E-state index contributed by atoms with van der Waals surface area (Å²) in [5.74, 6) is -0.478. The van der Waals surface area contributed by atoms with E-state index in [1.807, 2.05) is 30.3 Å². The fraction of sp³-hybridized carbons (Fsp3) is 0.350. The van der Waals surface area contributed by atoms with Gasteiger partial charge in [0.1, 0.15) is 0 Å². The van der Waals surface area contributed by atoms with E-state index in [9.17, 15) is 13.2 Å². The van der Waals surface area contributed by atoms with Crippen LogP contribution in [0, 0.1) is 0 Å². The van der Waals surface area contributed by atoms with Crippen LogP contribution in [0.3, 0.4) is 0 Å². The molecule has 1 aliphatic heterocycles. The second-order valence-corrected chi connectivity index (χ2v) is 8.36. The molecule has 0 radical (unpaired) electrons. The minimum Gasteiger partial charge on any atom is -0.465 e. The van der Waals surface area contributed by atoms with E-state index in [1.165, 1.54) is 31.4 Å². The molecule has 0 N–H and O–H groups in total. The number of sulfonamides is 1. The molecule has 0 aromatic heterocycles. The maximum Gasteiger partial charge on any atom is 0.337 e. The number of hydrogen-bond acceptors (Lipinski definition) is 4. The lowest BCUT2D eigenvalue weighted by Crippen LogP contribution is -2.44. The van der Waals surface area contributed by atoms with Gasteiger partial charge >= 0.3 is 5.97 Å². The zero-order valence-corrected chi connectivity index (χ0v) is 15.6. The van der Waals surface area contributed by atoms with Crippen molar-refractivity contribution >= 4 is 16.0 Å². The number of carbonyl (C=O) groups is 1. The number of nitrogens with zero attached hydrogens (tertiary/aromatic N) is 1. The van der Waals surface area contributed by atoms with Crippen molar-refractivity contribution in [2.45, 2.75) is 36.6 Å². The number of piperidine rings is 1. The van der Waals surface area contributed by atoms with E-state index in [1.54, 1.807) is 4.31 Å². The second-order valence-electron chi connectivity index (χ2n) is 6.47. The van der Waals surface area contributed by atoms with E-state index in [0.29, 0.717) is 18.5 Å². The van der Waals surface area contributed by atoms with Gasteiger partial charge in [-0.15, -0.1) is 0 Å². The highest BCUT2D eigenvalue weighted by atomic mass is 32.2. The molecule has 1 heterocycles. The Labute approximate surface area is 154 Å². The highest BCUT2D eigenvalue weighted by Crippen LogP contribution is 2.27. The smallest absolute Gasteiger partial charge is 0.337 e. The first-order valence-electron chi connectivity index (χ1n) is 8.76. The van der Waals surface area contributed by atoms with Crippen LogP contribution in [-0.4, -0.2) is 38.4 Å². The van der Waals surface area contributed by atoms with Gasteiger partial charge in [-0.3, -0.25) is 0 Å². The van der Waals surface area contributed by atoms with Gasteiger partial charge in [-0.2, -0.15) is 4.31 Å². The summed E-state index contributed by atoms with van der Waals surface area (Å²) in [4.78, 5) is 11.8. The van der Waals surface area contributed by atoms with Gasteiger partial charge in [0.15, 0.2) is 0 Å². The maximum atomic E-state index is 13.1. The van der Waals surface area contributed by atoms with Crippen molar-refractivity contribution in [2.75, 3.05) is 13.7 Å². The molecule has 3 rings (SSSR count). The van der Waals surface area contributed by atoms with Crippen LogP contribution in [0.5, 0.6) is 0 Å². The Kier molecular flexibility index (Phi) is 5.74. The maximum absolute atomic E-state index is 13.1. The minimum absolute atomic E-state index is 0.0450. The molecule has 2 aromatic rings. The Hall–Kier alpha value is -2.18. The van der Waals surface area contributed by atoms with Gasteiger partial charge in [0, 0.05) is 12.6 Å². The monoisotopic (exact) mass is 373 g/mol. The quantitative estimate of drug-likeness (QED) is 0.755. The van der Waals surface area contributed by atoms with E-state index in [4.69, 9.17) is 0 Å². The number of hydrogen-bond donors (Lipinski definition) is 0. The first-order chi connectivity index (χ1) is 12.5. The third-order valence-electron chi connectivity index (χ3n) is 4.77. The number of esters is 1. The molecule has 1 unspecified atom stereocenters. The predicted octanol–water partition coefficient (Wildman–Crippen LogP) is 3.26. The molecule has 6 heteroatoms. The average molecular weight is 373 g/mol. The molecule has 0 spiro atoms. The summed E-state index contributed by atoms with van der Waals surface area (Å²) in [7, 11) is -2.30. The van der Waals surface area contributed by atoms with Gasteiger partial charge in [0.05, 0.1) is 17.6 Å². The van der Waals surface area contributed by atoms with Gasteiger partial charge in [0.25, 0.3) is 0 Å². The van der Waals surface area contributed by atoms with Gasteiger partial charge in [-0.05, 0) is 49.1 Å². The Morgan fingerprint density at radius 2 is 1.77 bits per heavy atom. The molecule has 5 nitrogen and oxygen atoms in total. The van der Waals surface area contributed by atoms with Crippen LogP contribution < -0.4 is 0 Å². The lowest BCUT2D eigenvalue weighted by molar-refractivity contribution is 0.0600. The van der Waals surface area contributed by atoms with Crippen molar-refractivity contribution in [3.8, 4) is 0 Å². The van der Waals surface area contributed by atoms with Crippen LogP contribution in [0.4, 0.5) is 0 Å². The Morgan fingerprint density at radius 3 is 2.42 bits per heavy atom. The standard InChI is InChI=1S/C20H23NO4S/c1-25-20(22)17-10-12-19(13-11-17)26(23,24)21-14-6-5-9-18(21)15-16-7-3-2-4-8-16/h2-4,7-8,10-13,18H,5-6,9,14-15H2,1H3. The zero-order valence-electron chi connectivity index (χ0n) is 14.8. The summed E-state index contributed by atoms with van der Waals surface area (Å²) in [5.41, 5.74) is 1.48. The van der Waals surface area contributed by atoms with Gasteiger partial charge < -0.3 is 4.74 Å². The van der Waals surface area contributed by atoms with E-state index < -0.39 is 16.0 Å². The fourth-order valence-corrected chi connectivity index (χ4v) is 5.09. The van der Waals surface area contributed by atoms with Gasteiger partial charge in [-0.1, -0.05) is 36.8 Å². The lowest BCUT2D eigenvalue weighted by Gasteiger charge is -2.35.